The van der Waals surface area contributed by atoms with Gasteiger partial charge in [-0.25, -0.2) is 4.39 Å². The first-order chi connectivity index (χ1) is 13.1. The monoisotopic (exact) mass is 364 g/mol. The van der Waals surface area contributed by atoms with Gasteiger partial charge in [-0.05, 0) is 53.6 Å². The molecule has 0 spiro atoms. The molecule has 1 aliphatic carbocycles. The number of carbonyl (C=O) groups excluding carboxylic acids is 1. The lowest BCUT2D eigenvalue weighted by Crippen LogP contribution is -2.29. The van der Waals surface area contributed by atoms with Crippen LogP contribution < -0.4 is 0 Å². The Hall–Kier alpha value is -2.46. The fraction of sp³-hybridized carbons (Fsp3) is 0.348. The van der Waals surface area contributed by atoms with Crippen LogP contribution in [0.25, 0.3) is 16.7 Å². The summed E-state index contributed by atoms with van der Waals surface area (Å²) in [6.07, 6.45) is 2.50. The van der Waals surface area contributed by atoms with E-state index in [2.05, 4.69) is 0 Å². The lowest BCUT2D eigenvalue weighted by Gasteiger charge is -2.19. The number of carbonyl (C=O) groups is 1. The molecule has 2 aliphatic heterocycles. The minimum absolute atomic E-state index is 0.0222. The molecule has 3 aliphatic rings. The first kappa shape index (κ1) is 16.7. The highest BCUT2D eigenvalue weighted by atomic mass is 19.1. The molecule has 0 radical (unpaired) electrons. The summed E-state index contributed by atoms with van der Waals surface area (Å²) < 4.78 is 19.1. The number of aliphatic hydroxyl groups excluding tert-OH is 1. The molecule has 0 amide bonds. The molecule has 0 saturated carbocycles. The van der Waals surface area contributed by atoms with Gasteiger partial charge in [0, 0.05) is 0 Å². The molecular formula is C23H21FO3. The zero-order valence-electron chi connectivity index (χ0n) is 15.1. The molecule has 2 fully saturated rings. The maximum Gasteiger partial charge on any atom is 0.173 e. The Bertz CT molecular complexity index is 960. The second-order valence-electron chi connectivity index (χ2n) is 7.70. The van der Waals surface area contributed by atoms with E-state index in [1.54, 1.807) is 12.1 Å². The van der Waals surface area contributed by atoms with Crippen LogP contribution in [0.15, 0.2) is 48.2 Å². The standard InChI is InChI=1S/C23H21FO3/c1-2-12-11-14(13-3-6-15(24)7-4-13)5-8-16(12)19-22(25)20-17-9-10-18(27-17)21(20)23(19)26/h3-8,11,17-18,20-21,25H,2,9-10H2,1H3/t17?,18?,20-,21+/m0/s1. The molecule has 2 saturated heterocycles. The topological polar surface area (TPSA) is 46.5 Å². The van der Waals surface area contributed by atoms with Crippen molar-refractivity contribution in [3.05, 3.63) is 65.2 Å². The summed E-state index contributed by atoms with van der Waals surface area (Å²) in [6, 6.07) is 12.3. The number of hydrogen-bond acceptors (Lipinski definition) is 3. The summed E-state index contributed by atoms with van der Waals surface area (Å²) in [5, 5.41) is 10.9. The van der Waals surface area contributed by atoms with Gasteiger partial charge in [-0.1, -0.05) is 37.3 Å². The number of ketones is 1. The van der Waals surface area contributed by atoms with Crippen molar-refractivity contribution < 1.29 is 19.0 Å². The lowest BCUT2D eigenvalue weighted by molar-refractivity contribution is -0.118. The van der Waals surface area contributed by atoms with Crippen molar-refractivity contribution in [2.75, 3.05) is 0 Å². The lowest BCUT2D eigenvalue weighted by atomic mass is 9.80. The van der Waals surface area contributed by atoms with E-state index in [1.165, 1.54) is 12.1 Å². The van der Waals surface area contributed by atoms with Gasteiger partial charge in [-0.3, -0.25) is 4.79 Å². The van der Waals surface area contributed by atoms with Crippen molar-refractivity contribution in [1.29, 1.82) is 0 Å². The number of hydrogen-bond donors (Lipinski definition) is 1. The molecule has 5 rings (SSSR count). The third-order valence-corrected chi connectivity index (χ3v) is 6.33. The minimum Gasteiger partial charge on any atom is -0.511 e. The van der Waals surface area contributed by atoms with Crippen molar-refractivity contribution in [3.8, 4) is 11.1 Å². The molecule has 2 unspecified atom stereocenters. The zero-order chi connectivity index (χ0) is 18.7. The van der Waals surface area contributed by atoms with Crippen LogP contribution in [0.2, 0.25) is 0 Å². The van der Waals surface area contributed by atoms with Gasteiger partial charge >= 0.3 is 0 Å². The van der Waals surface area contributed by atoms with E-state index in [0.717, 1.165) is 41.5 Å². The molecule has 27 heavy (non-hydrogen) atoms. The van der Waals surface area contributed by atoms with E-state index in [4.69, 9.17) is 4.74 Å². The van der Waals surface area contributed by atoms with Crippen LogP contribution in [0.5, 0.6) is 0 Å². The van der Waals surface area contributed by atoms with Crippen molar-refractivity contribution in [2.45, 2.75) is 38.4 Å². The zero-order valence-corrected chi connectivity index (χ0v) is 15.1. The van der Waals surface area contributed by atoms with Crippen LogP contribution >= 0.6 is 0 Å². The van der Waals surface area contributed by atoms with Crippen LogP contribution in [-0.4, -0.2) is 23.1 Å². The van der Waals surface area contributed by atoms with Crippen LogP contribution in [0.4, 0.5) is 4.39 Å². The van der Waals surface area contributed by atoms with Crippen LogP contribution in [-0.2, 0) is 16.0 Å². The smallest absolute Gasteiger partial charge is 0.173 e. The molecule has 2 heterocycles. The first-order valence-electron chi connectivity index (χ1n) is 9.60. The van der Waals surface area contributed by atoms with Crippen molar-refractivity contribution in [1.82, 2.24) is 0 Å². The van der Waals surface area contributed by atoms with E-state index in [9.17, 15) is 14.3 Å². The second kappa shape index (κ2) is 6.03. The Labute approximate surface area is 157 Å². The fourth-order valence-electron chi connectivity index (χ4n) is 5.04. The fourth-order valence-corrected chi connectivity index (χ4v) is 5.04. The molecule has 3 nitrogen and oxygen atoms in total. The van der Waals surface area contributed by atoms with Gasteiger partial charge in [0.05, 0.1) is 29.6 Å². The quantitative estimate of drug-likeness (QED) is 0.859. The van der Waals surface area contributed by atoms with E-state index in [-0.39, 0.29) is 41.4 Å². The van der Waals surface area contributed by atoms with Gasteiger partial charge in [-0.15, -0.1) is 0 Å². The average molecular weight is 364 g/mol. The van der Waals surface area contributed by atoms with Crippen LogP contribution in [0, 0.1) is 17.7 Å². The average Bonchev–Trinajstić information content (AvgIpc) is 3.36. The van der Waals surface area contributed by atoms with Crippen LogP contribution in [0.3, 0.4) is 0 Å². The van der Waals surface area contributed by atoms with Crippen LogP contribution in [0.1, 0.15) is 30.9 Å². The highest BCUT2D eigenvalue weighted by molar-refractivity contribution is 6.25. The number of aryl methyl sites for hydroxylation is 1. The second-order valence-corrected chi connectivity index (χ2v) is 7.70. The van der Waals surface area contributed by atoms with E-state index in [0.29, 0.717) is 5.57 Å². The Balaban J connectivity index is 1.57. The Morgan fingerprint density at radius 3 is 2.37 bits per heavy atom. The minimum atomic E-state index is -0.263. The Morgan fingerprint density at radius 2 is 1.70 bits per heavy atom. The summed E-state index contributed by atoms with van der Waals surface area (Å²) in [4.78, 5) is 13.1. The van der Waals surface area contributed by atoms with E-state index >= 15 is 0 Å². The molecule has 2 bridgehead atoms. The highest BCUT2D eigenvalue weighted by Crippen LogP contribution is 2.53. The Kier molecular flexibility index (Phi) is 3.73. The molecule has 2 aromatic rings. The normalized spacial score (nSPS) is 28.9. The number of aliphatic hydroxyl groups is 1. The Morgan fingerprint density at radius 1 is 1.04 bits per heavy atom. The molecule has 2 aromatic carbocycles. The summed E-state index contributed by atoms with van der Waals surface area (Å²) in [7, 11) is 0. The third-order valence-electron chi connectivity index (χ3n) is 6.33. The number of ether oxygens (including phenoxy) is 1. The van der Waals surface area contributed by atoms with Crippen molar-refractivity contribution in [2.24, 2.45) is 11.8 Å². The predicted octanol–water partition coefficient (Wildman–Crippen LogP) is 4.70. The van der Waals surface area contributed by atoms with Crippen molar-refractivity contribution >= 4 is 11.4 Å². The number of rotatable bonds is 3. The molecular weight excluding hydrogens is 343 g/mol. The summed E-state index contributed by atoms with van der Waals surface area (Å²) in [5.41, 5.74) is 4.22. The van der Waals surface area contributed by atoms with E-state index < -0.39 is 0 Å². The third kappa shape index (κ3) is 2.39. The largest absolute Gasteiger partial charge is 0.511 e. The van der Waals surface area contributed by atoms with Crippen molar-refractivity contribution in [3.63, 3.8) is 0 Å². The number of fused-ring (bicyclic) bond motifs is 5. The number of benzene rings is 2. The first-order valence-corrected chi connectivity index (χ1v) is 9.60. The molecule has 4 heteroatoms. The molecule has 4 atom stereocenters. The molecule has 0 aromatic heterocycles. The highest BCUT2D eigenvalue weighted by Gasteiger charge is 2.59. The SMILES string of the molecule is CCc1cc(-c2ccc(F)cc2)ccc1C1=C(O)[C@H]2C3CCC(O3)[C@H]2C1=O. The summed E-state index contributed by atoms with van der Waals surface area (Å²) in [6.45, 7) is 2.04. The van der Waals surface area contributed by atoms with Gasteiger partial charge in [0.25, 0.3) is 0 Å². The molecule has 1 N–H and O–H groups in total. The van der Waals surface area contributed by atoms with Gasteiger partial charge < -0.3 is 9.84 Å². The maximum absolute atomic E-state index is 13.2. The number of allylic oxidation sites excluding steroid dienone is 1. The van der Waals surface area contributed by atoms with Gasteiger partial charge in [0.15, 0.2) is 5.78 Å². The maximum atomic E-state index is 13.2. The molecule has 138 valence electrons. The van der Waals surface area contributed by atoms with Gasteiger partial charge in [-0.2, -0.15) is 0 Å². The predicted molar refractivity (Wildman–Crippen MR) is 101 cm³/mol. The number of Topliss-reactive ketones (excluding diaryl/α,β-unsaturated/α-hetero) is 1. The van der Waals surface area contributed by atoms with Gasteiger partial charge in [0.2, 0.25) is 0 Å². The summed E-state index contributed by atoms with van der Waals surface area (Å²) in [5.74, 6) is -0.426. The van der Waals surface area contributed by atoms with Gasteiger partial charge in [0.1, 0.15) is 11.6 Å². The summed E-state index contributed by atoms with van der Waals surface area (Å²) >= 11 is 0. The number of halogens is 1. The van der Waals surface area contributed by atoms with E-state index in [1.807, 2.05) is 25.1 Å².